The van der Waals surface area contributed by atoms with E-state index in [-0.39, 0.29) is 21.1 Å². The average molecular weight is 365 g/mol. The summed E-state index contributed by atoms with van der Waals surface area (Å²) in [4.78, 5) is -0.363. The van der Waals surface area contributed by atoms with Gasteiger partial charge in [0.2, 0.25) is 10.0 Å². The summed E-state index contributed by atoms with van der Waals surface area (Å²) in [6.45, 7) is 0. The van der Waals surface area contributed by atoms with Crippen LogP contribution < -0.4 is 5.73 Å². The first-order valence-corrected chi connectivity index (χ1v) is 8.80. The van der Waals surface area contributed by atoms with Gasteiger partial charge in [0, 0.05) is 18.8 Å². The number of benzene rings is 1. The van der Waals surface area contributed by atoms with E-state index in [9.17, 15) is 12.8 Å². The van der Waals surface area contributed by atoms with Crippen molar-refractivity contribution in [2.45, 2.75) is 43.0 Å². The Morgan fingerprint density at radius 3 is 2.50 bits per heavy atom. The molecule has 20 heavy (non-hydrogen) atoms. The number of anilines is 1. The van der Waals surface area contributed by atoms with Crippen molar-refractivity contribution in [3.05, 3.63) is 22.4 Å². The maximum Gasteiger partial charge on any atom is 0.246 e. The van der Waals surface area contributed by atoms with Crippen molar-refractivity contribution in [1.29, 1.82) is 0 Å². The van der Waals surface area contributed by atoms with E-state index in [1.807, 2.05) is 0 Å². The van der Waals surface area contributed by atoms with Crippen LogP contribution in [0, 0.1) is 5.82 Å². The Kier molecular flexibility index (Phi) is 4.71. The zero-order valence-corrected chi connectivity index (χ0v) is 13.7. The molecule has 1 aliphatic rings. The highest BCUT2D eigenvalue weighted by Crippen LogP contribution is 2.31. The lowest BCUT2D eigenvalue weighted by Crippen LogP contribution is -2.38. The van der Waals surface area contributed by atoms with Crippen molar-refractivity contribution < 1.29 is 12.8 Å². The number of halogens is 2. The summed E-state index contributed by atoms with van der Waals surface area (Å²) in [5, 5.41) is 0. The second kappa shape index (κ2) is 5.99. The molecule has 2 rings (SSSR count). The minimum Gasteiger partial charge on any atom is -0.399 e. The fourth-order valence-electron chi connectivity index (χ4n) is 2.57. The lowest BCUT2D eigenvalue weighted by molar-refractivity contribution is 0.285. The summed E-state index contributed by atoms with van der Waals surface area (Å²) in [6.07, 6.45) is 4.78. The van der Waals surface area contributed by atoms with Gasteiger partial charge in [-0.1, -0.05) is 19.3 Å². The molecule has 1 aliphatic carbocycles. The smallest absolute Gasteiger partial charge is 0.246 e. The first-order chi connectivity index (χ1) is 9.34. The van der Waals surface area contributed by atoms with E-state index in [1.165, 1.54) is 23.5 Å². The van der Waals surface area contributed by atoms with Crippen LogP contribution in [0.15, 0.2) is 21.5 Å². The van der Waals surface area contributed by atoms with Gasteiger partial charge in [0.15, 0.2) is 5.82 Å². The molecule has 0 bridgehead atoms. The third-order valence-corrected chi connectivity index (χ3v) is 6.25. The highest BCUT2D eigenvalue weighted by atomic mass is 79.9. The van der Waals surface area contributed by atoms with Crippen LogP contribution in [0.2, 0.25) is 0 Å². The number of nitrogen functional groups attached to an aromatic ring is 1. The predicted molar refractivity (Wildman–Crippen MR) is 80.3 cm³/mol. The van der Waals surface area contributed by atoms with Crippen LogP contribution in [-0.2, 0) is 10.0 Å². The minimum absolute atomic E-state index is 0.0617. The molecule has 0 saturated heterocycles. The monoisotopic (exact) mass is 364 g/mol. The van der Waals surface area contributed by atoms with Gasteiger partial charge in [0.1, 0.15) is 4.90 Å². The van der Waals surface area contributed by atoms with Gasteiger partial charge in [-0.25, -0.2) is 12.8 Å². The van der Waals surface area contributed by atoms with Crippen LogP contribution in [0.5, 0.6) is 0 Å². The van der Waals surface area contributed by atoms with Crippen LogP contribution in [0.25, 0.3) is 0 Å². The quantitative estimate of drug-likeness (QED) is 0.838. The highest BCUT2D eigenvalue weighted by Gasteiger charge is 2.31. The van der Waals surface area contributed by atoms with E-state index < -0.39 is 15.8 Å². The molecule has 0 radical (unpaired) electrons. The maximum absolute atomic E-state index is 14.1. The van der Waals surface area contributed by atoms with E-state index in [0.29, 0.717) is 0 Å². The van der Waals surface area contributed by atoms with Crippen molar-refractivity contribution in [3.63, 3.8) is 0 Å². The lowest BCUT2D eigenvalue weighted by atomic mass is 9.96. The molecule has 4 nitrogen and oxygen atoms in total. The predicted octanol–water partition coefficient (Wildman–Crippen LogP) is 3.12. The summed E-state index contributed by atoms with van der Waals surface area (Å²) in [5.74, 6) is -0.790. The number of rotatable bonds is 3. The van der Waals surface area contributed by atoms with Crippen molar-refractivity contribution in [3.8, 4) is 0 Å². The van der Waals surface area contributed by atoms with Gasteiger partial charge in [0.05, 0.1) is 4.47 Å². The Balaban J connectivity index is 2.39. The van der Waals surface area contributed by atoms with Crippen molar-refractivity contribution in [2.24, 2.45) is 0 Å². The summed E-state index contributed by atoms with van der Waals surface area (Å²) in [5.41, 5.74) is 5.84. The molecule has 1 saturated carbocycles. The molecule has 2 N–H and O–H groups in total. The fraction of sp³-hybridized carbons (Fsp3) is 0.538. The molecule has 0 aliphatic heterocycles. The number of sulfonamides is 1. The Morgan fingerprint density at radius 1 is 1.30 bits per heavy atom. The number of hydrogen-bond acceptors (Lipinski definition) is 3. The van der Waals surface area contributed by atoms with Gasteiger partial charge >= 0.3 is 0 Å². The summed E-state index contributed by atoms with van der Waals surface area (Å²) in [7, 11) is -2.35. The number of hydrogen-bond donors (Lipinski definition) is 1. The van der Waals surface area contributed by atoms with Crippen LogP contribution in [-0.4, -0.2) is 25.8 Å². The molecule has 0 atom stereocenters. The molecule has 0 unspecified atom stereocenters. The minimum atomic E-state index is -3.87. The fourth-order valence-corrected chi connectivity index (χ4v) is 4.71. The molecule has 112 valence electrons. The van der Waals surface area contributed by atoms with Crippen molar-refractivity contribution >= 4 is 31.6 Å². The maximum atomic E-state index is 14.1. The normalized spacial score (nSPS) is 17.6. The zero-order chi connectivity index (χ0) is 14.9. The van der Waals surface area contributed by atoms with E-state index in [4.69, 9.17) is 5.73 Å². The van der Waals surface area contributed by atoms with E-state index in [1.54, 1.807) is 0 Å². The second-order valence-corrected chi connectivity index (χ2v) is 7.95. The third kappa shape index (κ3) is 2.99. The molecule has 0 heterocycles. The van der Waals surface area contributed by atoms with Gasteiger partial charge in [0.25, 0.3) is 0 Å². The first kappa shape index (κ1) is 15.7. The topological polar surface area (TPSA) is 63.4 Å². The summed E-state index contributed by atoms with van der Waals surface area (Å²) < 4.78 is 40.6. The standard InChI is InChI=1S/C13H18BrFN2O2S/c1-17(10-5-3-2-4-6-10)20(18,19)12-8-9(16)7-11(14)13(12)15/h7-8,10H,2-6,16H2,1H3. The average Bonchev–Trinajstić information content (AvgIpc) is 2.42. The van der Waals surface area contributed by atoms with Crippen molar-refractivity contribution in [2.75, 3.05) is 12.8 Å². The van der Waals surface area contributed by atoms with Crippen LogP contribution in [0.3, 0.4) is 0 Å². The van der Waals surface area contributed by atoms with E-state index >= 15 is 0 Å². The highest BCUT2D eigenvalue weighted by molar-refractivity contribution is 9.10. The van der Waals surface area contributed by atoms with Crippen LogP contribution in [0.1, 0.15) is 32.1 Å². The molecular formula is C13H18BrFN2O2S. The number of nitrogens with zero attached hydrogens (tertiary/aromatic N) is 1. The van der Waals surface area contributed by atoms with Crippen molar-refractivity contribution in [1.82, 2.24) is 4.31 Å². The van der Waals surface area contributed by atoms with Crippen LogP contribution in [0.4, 0.5) is 10.1 Å². The Bertz CT molecular complexity index is 601. The van der Waals surface area contributed by atoms with Gasteiger partial charge in [-0.3, -0.25) is 0 Å². The molecule has 1 aromatic carbocycles. The molecular weight excluding hydrogens is 347 g/mol. The van der Waals surface area contributed by atoms with Gasteiger partial charge in [-0.2, -0.15) is 4.31 Å². The van der Waals surface area contributed by atoms with Crippen LogP contribution >= 0.6 is 15.9 Å². The molecule has 0 aromatic heterocycles. The Morgan fingerprint density at radius 2 is 1.90 bits per heavy atom. The third-order valence-electron chi connectivity index (χ3n) is 3.76. The van der Waals surface area contributed by atoms with E-state index in [0.717, 1.165) is 32.1 Å². The Hall–Kier alpha value is -0.660. The SMILES string of the molecule is CN(C1CCCCC1)S(=O)(=O)c1cc(N)cc(Br)c1F. The molecule has 1 fully saturated rings. The summed E-state index contributed by atoms with van der Waals surface area (Å²) >= 11 is 3.00. The molecule has 7 heteroatoms. The van der Waals surface area contributed by atoms with Gasteiger partial charge in [-0.05, 0) is 40.9 Å². The largest absolute Gasteiger partial charge is 0.399 e. The molecule has 0 amide bonds. The second-order valence-electron chi connectivity index (χ2n) is 5.13. The Labute approximate surface area is 127 Å². The van der Waals surface area contributed by atoms with Gasteiger partial charge in [-0.15, -0.1) is 0 Å². The zero-order valence-electron chi connectivity index (χ0n) is 11.3. The summed E-state index contributed by atoms with van der Waals surface area (Å²) in [6, 6.07) is 2.47. The molecule has 1 aromatic rings. The molecule has 0 spiro atoms. The van der Waals surface area contributed by atoms with Gasteiger partial charge < -0.3 is 5.73 Å². The first-order valence-electron chi connectivity index (χ1n) is 6.56. The lowest BCUT2D eigenvalue weighted by Gasteiger charge is -2.30. The number of nitrogens with two attached hydrogens (primary N) is 1. The van der Waals surface area contributed by atoms with E-state index in [2.05, 4.69) is 15.9 Å².